The molecule has 0 amide bonds. The third-order valence-electron chi connectivity index (χ3n) is 2.88. The second-order valence-corrected chi connectivity index (χ2v) is 4.91. The Morgan fingerprint density at radius 3 is 2.55 bits per heavy atom. The van der Waals surface area contributed by atoms with Gasteiger partial charge in [-0.1, -0.05) is 23.7 Å². The Bertz CT molecular complexity index is 617. The van der Waals surface area contributed by atoms with Crippen molar-refractivity contribution in [3.63, 3.8) is 0 Å². The third kappa shape index (κ3) is 3.46. The Morgan fingerprint density at radius 1 is 1.20 bits per heavy atom. The van der Waals surface area contributed by atoms with Crippen LogP contribution in [-0.2, 0) is 6.61 Å². The number of hydrogen-bond donors (Lipinski definition) is 1. The van der Waals surface area contributed by atoms with Crippen LogP contribution in [0, 0.1) is 11.6 Å². The van der Waals surface area contributed by atoms with Crippen LogP contribution in [0.15, 0.2) is 36.4 Å². The summed E-state index contributed by atoms with van der Waals surface area (Å²) in [6, 6.07) is 8.29. The maximum Gasteiger partial charge on any atom is 0.165 e. The van der Waals surface area contributed by atoms with Gasteiger partial charge < -0.3 is 10.5 Å². The molecule has 0 bridgehead atoms. The number of rotatable bonds is 4. The molecule has 2 aromatic rings. The van der Waals surface area contributed by atoms with Gasteiger partial charge in [-0.2, -0.15) is 0 Å². The molecule has 0 heterocycles. The minimum absolute atomic E-state index is 0.0631. The first-order chi connectivity index (χ1) is 9.47. The molecular formula is C15H14ClF2NO. The Balaban J connectivity index is 2.11. The number of nitrogens with two attached hydrogens (primary N) is 1. The van der Waals surface area contributed by atoms with Crippen LogP contribution in [0.1, 0.15) is 24.1 Å². The van der Waals surface area contributed by atoms with Gasteiger partial charge in [0, 0.05) is 11.6 Å². The summed E-state index contributed by atoms with van der Waals surface area (Å²) in [5, 5.41) is 0.248. The van der Waals surface area contributed by atoms with Gasteiger partial charge in [0.05, 0.1) is 5.02 Å². The van der Waals surface area contributed by atoms with Gasteiger partial charge in [0.25, 0.3) is 0 Å². The summed E-state index contributed by atoms with van der Waals surface area (Å²) in [6.45, 7) is 1.83. The molecule has 1 atom stereocenters. The fourth-order valence-electron chi connectivity index (χ4n) is 1.71. The number of ether oxygens (including phenoxy) is 1. The summed E-state index contributed by atoms with van der Waals surface area (Å²) >= 11 is 5.87. The van der Waals surface area contributed by atoms with E-state index in [0.717, 1.165) is 0 Å². The van der Waals surface area contributed by atoms with Gasteiger partial charge in [-0.15, -0.1) is 0 Å². The standard InChI is InChI=1S/C15H14ClF2NO/c1-9(19)10-3-5-15(14(18)6-10)20-8-11-2-4-12(17)7-13(11)16/h2-7,9H,8,19H2,1H3/t9-/m0/s1. The zero-order valence-corrected chi connectivity index (χ0v) is 11.6. The van der Waals surface area contributed by atoms with E-state index in [4.69, 9.17) is 22.1 Å². The SMILES string of the molecule is C[C@H](N)c1ccc(OCc2ccc(F)cc2Cl)c(F)c1. The van der Waals surface area contributed by atoms with Gasteiger partial charge in [-0.3, -0.25) is 0 Å². The molecule has 0 unspecified atom stereocenters. The van der Waals surface area contributed by atoms with Crippen molar-refractivity contribution >= 4 is 11.6 Å². The molecule has 106 valence electrons. The average molecular weight is 298 g/mol. The van der Waals surface area contributed by atoms with E-state index in [1.54, 1.807) is 13.0 Å². The van der Waals surface area contributed by atoms with E-state index >= 15 is 0 Å². The van der Waals surface area contributed by atoms with Gasteiger partial charge in [0.15, 0.2) is 11.6 Å². The first kappa shape index (κ1) is 14.8. The molecule has 0 aromatic heterocycles. The van der Waals surface area contributed by atoms with E-state index < -0.39 is 11.6 Å². The molecule has 0 saturated heterocycles. The summed E-state index contributed by atoms with van der Waals surface area (Å²) < 4.78 is 32.1. The molecule has 0 radical (unpaired) electrons. The van der Waals surface area contributed by atoms with E-state index in [1.165, 1.54) is 30.3 Å². The van der Waals surface area contributed by atoms with Crippen molar-refractivity contribution in [1.29, 1.82) is 0 Å². The first-order valence-electron chi connectivity index (χ1n) is 6.09. The minimum Gasteiger partial charge on any atom is -0.486 e. The monoisotopic (exact) mass is 297 g/mol. The fraction of sp³-hybridized carbons (Fsp3) is 0.200. The van der Waals surface area contributed by atoms with Gasteiger partial charge in [-0.05, 0) is 36.8 Å². The molecule has 0 saturated carbocycles. The van der Waals surface area contributed by atoms with Crippen LogP contribution in [0.2, 0.25) is 5.02 Å². The number of halogens is 3. The molecule has 2 rings (SSSR count). The quantitative estimate of drug-likeness (QED) is 0.917. The highest BCUT2D eigenvalue weighted by Crippen LogP contribution is 2.24. The molecule has 0 aliphatic rings. The van der Waals surface area contributed by atoms with E-state index in [0.29, 0.717) is 11.1 Å². The second kappa shape index (κ2) is 6.20. The fourth-order valence-corrected chi connectivity index (χ4v) is 1.93. The Kier molecular flexibility index (Phi) is 4.57. The summed E-state index contributed by atoms with van der Waals surface area (Å²) in [6.07, 6.45) is 0. The Hall–Kier alpha value is -1.65. The summed E-state index contributed by atoms with van der Waals surface area (Å²) in [5.74, 6) is -0.806. The van der Waals surface area contributed by atoms with Crippen molar-refractivity contribution < 1.29 is 13.5 Å². The van der Waals surface area contributed by atoms with Gasteiger partial charge in [0.1, 0.15) is 12.4 Å². The van der Waals surface area contributed by atoms with Crippen LogP contribution >= 0.6 is 11.6 Å². The van der Waals surface area contributed by atoms with Crippen LogP contribution in [0.5, 0.6) is 5.75 Å². The summed E-state index contributed by atoms with van der Waals surface area (Å²) in [7, 11) is 0. The zero-order chi connectivity index (χ0) is 14.7. The highest BCUT2D eigenvalue weighted by atomic mass is 35.5. The average Bonchev–Trinajstić information content (AvgIpc) is 2.38. The van der Waals surface area contributed by atoms with E-state index in [1.807, 2.05) is 0 Å². The van der Waals surface area contributed by atoms with Crippen molar-refractivity contribution in [3.05, 3.63) is 64.2 Å². The molecule has 20 heavy (non-hydrogen) atoms. The number of benzene rings is 2. The van der Waals surface area contributed by atoms with Gasteiger partial charge >= 0.3 is 0 Å². The van der Waals surface area contributed by atoms with Crippen LogP contribution in [0.3, 0.4) is 0 Å². The van der Waals surface area contributed by atoms with Crippen LogP contribution in [-0.4, -0.2) is 0 Å². The summed E-state index contributed by atoms with van der Waals surface area (Å²) in [5.41, 5.74) is 6.95. The van der Waals surface area contributed by atoms with Gasteiger partial charge in [0.2, 0.25) is 0 Å². The van der Waals surface area contributed by atoms with E-state index in [-0.39, 0.29) is 23.4 Å². The predicted molar refractivity (Wildman–Crippen MR) is 74.7 cm³/mol. The molecule has 0 aliphatic heterocycles. The molecular weight excluding hydrogens is 284 g/mol. The molecule has 0 fully saturated rings. The summed E-state index contributed by atoms with van der Waals surface area (Å²) in [4.78, 5) is 0. The maximum atomic E-state index is 13.8. The highest BCUT2D eigenvalue weighted by molar-refractivity contribution is 6.31. The highest BCUT2D eigenvalue weighted by Gasteiger charge is 2.09. The molecule has 5 heteroatoms. The van der Waals surface area contributed by atoms with Crippen LogP contribution in [0.4, 0.5) is 8.78 Å². The molecule has 0 spiro atoms. The normalized spacial score (nSPS) is 12.2. The Labute approximate surface area is 121 Å². The van der Waals surface area contributed by atoms with Crippen molar-refractivity contribution in [2.45, 2.75) is 19.6 Å². The van der Waals surface area contributed by atoms with E-state index in [2.05, 4.69) is 0 Å². The second-order valence-electron chi connectivity index (χ2n) is 4.50. The third-order valence-corrected chi connectivity index (χ3v) is 3.23. The lowest BCUT2D eigenvalue weighted by atomic mass is 10.1. The van der Waals surface area contributed by atoms with Crippen molar-refractivity contribution in [2.75, 3.05) is 0 Å². The molecule has 2 aromatic carbocycles. The lowest BCUT2D eigenvalue weighted by molar-refractivity contribution is 0.290. The Morgan fingerprint density at radius 2 is 1.95 bits per heavy atom. The smallest absolute Gasteiger partial charge is 0.165 e. The van der Waals surface area contributed by atoms with Crippen molar-refractivity contribution in [1.82, 2.24) is 0 Å². The number of hydrogen-bond acceptors (Lipinski definition) is 2. The largest absolute Gasteiger partial charge is 0.486 e. The first-order valence-corrected chi connectivity index (χ1v) is 6.47. The lowest BCUT2D eigenvalue weighted by Crippen LogP contribution is -2.06. The zero-order valence-electron chi connectivity index (χ0n) is 10.9. The van der Waals surface area contributed by atoms with E-state index in [9.17, 15) is 8.78 Å². The van der Waals surface area contributed by atoms with Crippen LogP contribution in [0.25, 0.3) is 0 Å². The molecule has 2 nitrogen and oxygen atoms in total. The topological polar surface area (TPSA) is 35.2 Å². The van der Waals surface area contributed by atoms with Crippen molar-refractivity contribution in [2.24, 2.45) is 5.73 Å². The molecule has 2 N–H and O–H groups in total. The maximum absolute atomic E-state index is 13.8. The lowest BCUT2D eigenvalue weighted by Gasteiger charge is -2.11. The minimum atomic E-state index is -0.488. The van der Waals surface area contributed by atoms with Gasteiger partial charge in [-0.25, -0.2) is 8.78 Å². The van der Waals surface area contributed by atoms with Crippen molar-refractivity contribution in [3.8, 4) is 5.75 Å². The van der Waals surface area contributed by atoms with Crippen LogP contribution < -0.4 is 10.5 Å². The molecule has 0 aliphatic carbocycles. The predicted octanol–water partition coefficient (Wildman–Crippen LogP) is 4.22.